The summed E-state index contributed by atoms with van der Waals surface area (Å²) >= 11 is 0. The fourth-order valence-corrected chi connectivity index (χ4v) is 3.01. The normalized spacial score (nSPS) is 14.3. The monoisotopic (exact) mass is 386 g/mol. The number of benzene rings is 1. The maximum Gasteiger partial charge on any atom is 0.186 e. The molecule has 0 spiro atoms. The van der Waals surface area contributed by atoms with Crippen LogP contribution in [-0.4, -0.2) is 31.7 Å². The highest BCUT2D eigenvalue weighted by molar-refractivity contribution is 6.20. The van der Waals surface area contributed by atoms with Crippen LogP contribution in [0, 0.1) is 68.1 Å². The van der Waals surface area contributed by atoms with Gasteiger partial charge in [0.05, 0.1) is 12.3 Å². The Kier molecular flexibility index (Phi) is 3.83. The van der Waals surface area contributed by atoms with E-state index in [9.17, 15) is 31.6 Å². The molecule has 134 valence electrons. The van der Waals surface area contributed by atoms with Gasteiger partial charge in [0.15, 0.2) is 35.0 Å². The Bertz CT molecular complexity index is 1570. The van der Waals surface area contributed by atoms with Gasteiger partial charge in [-0.1, -0.05) is 0 Å². The van der Waals surface area contributed by atoms with Crippen LogP contribution in [0.15, 0.2) is 11.2 Å². The summed E-state index contributed by atoms with van der Waals surface area (Å²) in [6.45, 7) is 0. The Hall–Kier alpha value is -5.69. The van der Waals surface area contributed by atoms with Crippen LogP contribution < -0.4 is 4.90 Å². The number of nitriles is 6. The summed E-state index contributed by atoms with van der Waals surface area (Å²) in [6, 6.07) is 7.65. The van der Waals surface area contributed by atoms with Crippen molar-refractivity contribution in [2.24, 2.45) is 4.99 Å². The molecule has 0 saturated carbocycles. The zero-order valence-corrected chi connectivity index (χ0v) is 14.5. The van der Waals surface area contributed by atoms with Gasteiger partial charge < -0.3 is 0 Å². The van der Waals surface area contributed by atoms with Crippen molar-refractivity contribution in [2.75, 3.05) is 4.90 Å². The molecule has 0 radical (unpaired) electrons. The van der Waals surface area contributed by atoms with Gasteiger partial charge in [-0.2, -0.15) is 31.6 Å². The average Bonchev–Trinajstić information content (AvgIpc) is 2.81. The van der Waals surface area contributed by atoms with E-state index in [-0.39, 0.29) is 56.2 Å². The molecule has 12 heteroatoms. The largest absolute Gasteiger partial charge is 0.251 e. The summed E-state index contributed by atoms with van der Waals surface area (Å²) in [6.07, 6.45) is 3.01. The van der Waals surface area contributed by atoms with Crippen LogP contribution in [0.25, 0.3) is 22.1 Å². The third kappa shape index (κ3) is 2.24. The fraction of sp³-hybridized carbons (Fsp3) is 0.0556. The van der Waals surface area contributed by atoms with E-state index in [1.54, 1.807) is 18.2 Å². The van der Waals surface area contributed by atoms with Gasteiger partial charge in [0.1, 0.15) is 57.7 Å². The van der Waals surface area contributed by atoms with Crippen LogP contribution in [0.2, 0.25) is 0 Å². The van der Waals surface area contributed by atoms with Crippen molar-refractivity contribution < 1.29 is 0 Å². The molecule has 0 aliphatic carbocycles. The molecular weight excluding hydrogens is 384 g/mol. The Labute approximate surface area is 167 Å². The van der Waals surface area contributed by atoms with Gasteiger partial charge in [0.2, 0.25) is 0 Å². The van der Waals surface area contributed by atoms with Crippen molar-refractivity contribution >= 4 is 39.2 Å². The van der Waals surface area contributed by atoms with E-state index in [0.29, 0.717) is 0 Å². The third-order valence-corrected chi connectivity index (χ3v) is 4.23. The van der Waals surface area contributed by atoms with Crippen molar-refractivity contribution in [1.29, 1.82) is 31.6 Å². The lowest BCUT2D eigenvalue weighted by Crippen LogP contribution is -2.39. The first-order valence-corrected chi connectivity index (χ1v) is 7.93. The second-order valence-corrected chi connectivity index (χ2v) is 5.71. The van der Waals surface area contributed by atoms with E-state index in [4.69, 9.17) is 0 Å². The van der Waals surface area contributed by atoms with Crippen LogP contribution in [0.3, 0.4) is 0 Å². The van der Waals surface area contributed by atoms with E-state index in [2.05, 4.69) is 24.9 Å². The van der Waals surface area contributed by atoms with Crippen molar-refractivity contribution in [1.82, 2.24) is 19.9 Å². The number of aromatic nitrogens is 4. The molecule has 2 aromatic heterocycles. The van der Waals surface area contributed by atoms with Gasteiger partial charge in [0, 0.05) is 0 Å². The first kappa shape index (κ1) is 17.7. The Balaban J connectivity index is 2.34. The minimum atomic E-state index is -1.33. The lowest BCUT2D eigenvalue weighted by molar-refractivity contribution is 0.981. The molecule has 0 saturated heterocycles. The number of hydrogen-bond acceptors (Lipinski definition) is 12. The summed E-state index contributed by atoms with van der Waals surface area (Å²) in [5, 5.41) is 56.4. The first-order chi connectivity index (χ1) is 14.6. The molecule has 0 N–H and O–H groups in total. The van der Waals surface area contributed by atoms with E-state index in [1.165, 1.54) is 6.20 Å². The van der Waals surface area contributed by atoms with Gasteiger partial charge in [-0.25, -0.2) is 24.9 Å². The number of hydrogen-bond donors (Lipinski definition) is 0. The van der Waals surface area contributed by atoms with Crippen molar-refractivity contribution in [2.45, 2.75) is 6.04 Å². The zero-order chi connectivity index (χ0) is 21.4. The fourth-order valence-electron chi connectivity index (χ4n) is 3.01. The second-order valence-electron chi connectivity index (χ2n) is 5.71. The number of anilines is 1. The maximum absolute atomic E-state index is 9.71. The Morgan fingerprint density at radius 3 is 2.03 bits per heavy atom. The molecule has 1 atom stereocenters. The van der Waals surface area contributed by atoms with Gasteiger partial charge in [-0.3, -0.25) is 4.90 Å². The Morgan fingerprint density at radius 1 is 0.767 bits per heavy atom. The van der Waals surface area contributed by atoms with E-state index in [0.717, 1.165) is 4.90 Å². The number of fused-ring (bicyclic) bond motifs is 6. The average molecular weight is 386 g/mol. The Morgan fingerprint density at radius 2 is 1.47 bits per heavy atom. The van der Waals surface area contributed by atoms with Crippen molar-refractivity contribution in [3.63, 3.8) is 0 Å². The van der Waals surface area contributed by atoms with Crippen LogP contribution in [0.5, 0.6) is 0 Å². The van der Waals surface area contributed by atoms with Crippen molar-refractivity contribution in [3.05, 3.63) is 23.3 Å². The van der Waals surface area contributed by atoms with Gasteiger partial charge >= 0.3 is 0 Å². The van der Waals surface area contributed by atoms with Crippen molar-refractivity contribution in [3.8, 4) is 36.5 Å². The number of nitrogens with zero attached hydrogens (tertiary/aromatic N) is 12. The molecule has 3 heterocycles. The maximum atomic E-state index is 9.71. The molecule has 0 bridgehead atoms. The molecule has 0 amide bonds. The first-order valence-electron chi connectivity index (χ1n) is 7.93. The predicted molar refractivity (Wildman–Crippen MR) is 97.0 cm³/mol. The minimum Gasteiger partial charge on any atom is -0.251 e. The van der Waals surface area contributed by atoms with Crippen LogP contribution in [0.4, 0.5) is 11.4 Å². The highest BCUT2D eigenvalue weighted by Crippen LogP contribution is 2.44. The third-order valence-electron chi connectivity index (χ3n) is 4.23. The summed E-state index contributed by atoms with van der Waals surface area (Å²) in [4.78, 5) is 21.7. The summed E-state index contributed by atoms with van der Waals surface area (Å²) in [5.41, 5.74) is -0.794. The summed E-state index contributed by atoms with van der Waals surface area (Å²) < 4.78 is 0. The minimum absolute atomic E-state index is 0.00181. The van der Waals surface area contributed by atoms with Gasteiger partial charge in [0.25, 0.3) is 0 Å². The number of aliphatic imine (C=N–C) groups is 1. The zero-order valence-electron chi connectivity index (χ0n) is 14.5. The highest BCUT2D eigenvalue weighted by Gasteiger charge is 2.36. The molecule has 3 aromatic rings. The predicted octanol–water partition coefficient (Wildman–Crippen LogP) is 0.977. The van der Waals surface area contributed by atoms with Crippen LogP contribution in [-0.2, 0) is 0 Å². The number of rotatable bonds is 0. The summed E-state index contributed by atoms with van der Waals surface area (Å²) in [5.74, 6) is 0. The topological polar surface area (TPSA) is 210 Å². The van der Waals surface area contributed by atoms with Gasteiger partial charge in [-0.05, 0) is 0 Å². The molecule has 1 aliphatic heterocycles. The molecule has 30 heavy (non-hydrogen) atoms. The van der Waals surface area contributed by atoms with Crippen LogP contribution in [0.1, 0.15) is 17.1 Å². The molecule has 1 unspecified atom stereocenters. The molecule has 12 nitrogen and oxygen atoms in total. The smallest absolute Gasteiger partial charge is 0.186 e. The van der Waals surface area contributed by atoms with E-state index >= 15 is 0 Å². The lowest BCUT2D eigenvalue weighted by atomic mass is 10.0. The molecular formula is C18H2N12. The van der Waals surface area contributed by atoms with Gasteiger partial charge in [-0.15, -0.1) is 0 Å². The SMILES string of the molecule is N#CC1=Nc2c(c3nc(C#N)cnc3c3nc(C#N)c(C#N)nc23)N(C#N)C1C#N. The van der Waals surface area contributed by atoms with Crippen LogP contribution >= 0.6 is 0 Å². The summed E-state index contributed by atoms with van der Waals surface area (Å²) in [7, 11) is 0. The van der Waals surface area contributed by atoms with E-state index in [1.807, 2.05) is 18.3 Å². The standard InChI is InChI=1S/C18H2N12/c19-1-8-6-25-13-14-15(28-10(3-21)9(2-20)27-14)17-18(16(13)26-8)30(7-24)12(5-23)11(4-22)29-17/h6,12H. The quantitative estimate of drug-likeness (QED) is 0.392. The molecule has 0 fully saturated rings. The second kappa shape index (κ2) is 6.48. The highest BCUT2D eigenvalue weighted by atomic mass is 15.2. The molecule has 4 rings (SSSR count). The molecule has 1 aliphatic rings. The molecule has 1 aromatic carbocycles. The lowest BCUT2D eigenvalue weighted by Gasteiger charge is -2.27. The van der Waals surface area contributed by atoms with E-state index < -0.39 is 6.04 Å².